The Morgan fingerprint density at radius 1 is 1.09 bits per heavy atom. The first-order valence-corrected chi connectivity index (χ1v) is 10.3. The molecule has 0 spiro atoms. The number of rotatable bonds is 11. The molecule has 2 aromatic rings. The van der Waals surface area contributed by atoms with Gasteiger partial charge in [0.1, 0.15) is 12.6 Å². The lowest BCUT2D eigenvalue weighted by atomic mass is 10.0. The number of aromatic nitrogens is 1. The fourth-order valence-electron chi connectivity index (χ4n) is 3.03. The number of benzene rings is 1. The predicted octanol–water partition coefficient (Wildman–Crippen LogP) is 0.228. The first-order chi connectivity index (χ1) is 15.7. The summed E-state index contributed by atoms with van der Waals surface area (Å²) in [5, 5.41) is 14.9. The van der Waals surface area contributed by atoms with E-state index in [0.29, 0.717) is 0 Å². The highest BCUT2D eigenvalue weighted by Gasteiger charge is 2.22. The lowest BCUT2D eigenvalue weighted by Crippen LogP contribution is -2.49. The number of esters is 1. The number of amides is 2. The number of pyridine rings is 1. The van der Waals surface area contributed by atoms with Crippen molar-refractivity contribution in [2.24, 2.45) is 0 Å². The van der Waals surface area contributed by atoms with Crippen LogP contribution in [0.3, 0.4) is 0 Å². The average molecular weight is 457 g/mol. The summed E-state index contributed by atoms with van der Waals surface area (Å²) in [6.07, 6.45) is 1.41. The number of nitrogens with zero attached hydrogens (tertiary/aromatic N) is 1. The molecule has 10 heteroatoms. The third-order valence-electron chi connectivity index (χ3n) is 4.96. The molecular formula is C23H27N3O7. The Hall–Kier alpha value is -3.95. The fraction of sp³-hybridized carbons (Fsp3) is 0.348. The minimum atomic E-state index is -0.971. The minimum Gasteiger partial charge on any atom is -0.503 e. The van der Waals surface area contributed by atoms with E-state index in [1.165, 1.54) is 24.8 Å². The fourth-order valence-corrected chi connectivity index (χ4v) is 3.03. The number of carbonyl (C=O) groups is 4. The lowest BCUT2D eigenvalue weighted by molar-refractivity contribution is -0.141. The van der Waals surface area contributed by atoms with Crippen LogP contribution in [0.5, 0.6) is 5.75 Å². The molecule has 1 aromatic carbocycles. The zero-order chi connectivity index (χ0) is 24.4. The Labute approximate surface area is 190 Å². The van der Waals surface area contributed by atoms with Gasteiger partial charge in [-0.15, -0.1) is 0 Å². The van der Waals surface area contributed by atoms with Gasteiger partial charge in [-0.1, -0.05) is 30.3 Å². The van der Waals surface area contributed by atoms with E-state index in [4.69, 9.17) is 0 Å². The van der Waals surface area contributed by atoms with Crippen molar-refractivity contribution in [3.8, 4) is 5.75 Å². The molecule has 2 amide bonds. The number of aromatic hydroxyl groups is 1. The molecule has 176 valence electrons. The van der Waals surface area contributed by atoms with Crippen molar-refractivity contribution in [1.29, 1.82) is 0 Å². The normalized spacial score (nSPS) is 11.3. The number of hydrogen-bond acceptors (Lipinski definition) is 7. The van der Waals surface area contributed by atoms with Gasteiger partial charge in [0, 0.05) is 25.1 Å². The number of ether oxygens (including phenoxy) is 1. The first-order valence-electron chi connectivity index (χ1n) is 10.3. The maximum Gasteiger partial charge on any atom is 0.305 e. The van der Waals surface area contributed by atoms with Gasteiger partial charge in [-0.05, 0) is 12.5 Å². The highest BCUT2D eigenvalue weighted by molar-refractivity contribution is 5.92. The molecule has 0 radical (unpaired) electrons. The van der Waals surface area contributed by atoms with Crippen LogP contribution < -0.4 is 16.1 Å². The molecule has 0 fully saturated rings. The van der Waals surface area contributed by atoms with Crippen LogP contribution in [0.2, 0.25) is 0 Å². The molecule has 1 aromatic heterocycles. The molecule has 3 N–H and O–H groups in total. The van der Waals surface area contributed by atoms with E-state index < -0.39 is 35.0 Å². The Balaban J connectivity index is 2.05. The number of Topliss-reactive ketones (excluding diaryl/α,β-unsaturated/α-hetero) is 1. The smallest absolute Gasteiger partial charge is 0.305 e. The van der Waals surface area contributed by atoms with Crippen LogP contribution in [0.4, 0.5) is 0 Å². The van der Waals surface area contributed by atoms with Crippen molar-refractivity contribution in [2.45, 2.75) is 38.8 Å². The highest BCUT2D eigenvalue weighted by atomic mass is 16.5. The van der Waals surface area contributed by atoms with E-state index in [1.807, 2.05) is 6.07 Å². The van der Waals surface area contributed by atoms with Crippen molar-refractivity contribution in [3.63, 3.8) is 0 Å². The van der Waals surface area contributed by atoms with E-state index in [9.17, 15) is 29.1 Å². The zero-order valence-electron chi connectivity index (χ0n) is 18.5. The molecule has 0 unspecified atom stereocenters. The summed E-state index contributed by atoms with van der Waals surface area (Å²) in [6.45, 7) is 0.984. The Morgan fingerprint density at radius 2 is 1.79 bits per heavy atom. The molecule has 1 atom stereocenters. The van der Waals surface area contributed by atoms with Gasteiger partial charge in [-0.3, -0.25) is 24.0 Å². The third kappa shape index (κ3) is 7.91. The van der Waals surface area contributed by atoms with Crippen LogP contribution in [-0.2, 0) is 36.9 Å². The van der Waals surface area contributed by atoms with Crippen LogP contribution in [-0.4, -0.2) is 52.9 Å². The van der Waals surface area contributed by atoms with Gasteiger partial charge in [0.15, 0.2) is 11.5 Å². The summed E-state index contributed by atoms with van der Waals surface area (Å²) < 4.78 is 5.87. The number of ketones is 1. The van der Waals surface area contributed by atoms with Gasteiger partial charge in [-0.2, -0.15) is 0 Å². The van der Waals surface area contributed by atoms with Gasteiger partial charge < -0.3 is 25.0 Å². The van der Waals surface area contributed by atoms with Gasteiger partial charge in [0.2, 0.25) is 17.2 Å². The molecule has 2 rings (SSSR count). The van der Waals surface area contributed by atoms with Crippen LogP contribution in [0.15, 0.2) is 47.4 Å². The van der Waals surface area contributed by atoms with Crippen molar-refractivity contribution >= 4 is 23.6 Å². The molecule has 33 heavy (non-hydrogen) atoms. The van der Waals surface area contributed by atoms with Gasteiger partial charge in [0.25, 0.3) is 0 Å². The molecule has 10 nitrogen and oxygen atoms in total. The van der Waals surface area contributed by atoms with Crippen molar-refractivity contribution in [1.82, 2.24) is 15.2 Å². The SMILES string of the molecule is COC(=O)CCC(=O)CNC(=O)[C@H](Cc1ccccc1)NC(=O)Cn1ccc(=O)c(O)c1C. The molecule has 0 bridgehead atoms. The minimum absolute atomic E-state index is 0.0716. The van der Waals surface area contributed by atoms with E-state index in [-0.39, 0.29) is 43.8 Å². The summed E-state index contributed by atoms with van der Waals surface area (Å²) in [4.78, 5) is 60.0. The van der Waals surface area contributed by atoms with Crippen LogP contribution >= 0.6 is 0 Å². The molecule has 1 heterocycles. The number of nitrogens with one attached hydrogen (secondary N) is 2. The molecular weight excluding hydrogens is 430 g/mol. The number of methoxy groups -OCH3 is 1. The molecule has 0 saturated heterocycles. The molecule has 0 aliphatic rings. The Morgan fingerprint density at radius 3 is 2.45 bits per heavy atom. The van der Waals surface area contributed by atoms with E-state index in [0.717, 1.165) is 11.6 Å². The zero-order valence-corrected chi connectivity index (χ0v) is 18.5. The summed E-state index contributed by atoms with van der Waals surface area (Å²) in [7, 11) is 1.22. The standard InChI is InChI=1S/C23H27N3O7/c1-15-22(31)19(28)10-11-26(15)14-20(29)25-18(12-16-6-4-3-5-7-16)23(32)24-13-17(27)8-9-21(30)33-2/h3-7,10-11,18,31H,8-9,12-14H2,1-2H3,(H,24,32)(H,25,29)/t18-/m0/s1. The average Bonchev–Trinajstić information content (AvgIpc) is 2.81. The van der Waals surface area contributed by atoms with Crippen molar-refractivity contribution in [2.75, 3.05) is 13.7 Å². The van der Waals surface area contributed by atoms with Gasteiger partial charge in [-0.25, -0.2) is 0 Å². The topological polar surface area (TPSA) is 144 Å². The van der Waals surface area contributed by atoms with E-state index in [1.54, 1.807) is 24.3 Å². The third-order valence-corrected chi connectivity index (χ3v) is 4.96. The van der Waals surface area contributed by atoms with Crippen molar-refractivity contribution < 1.29 is 29.0 Å². The predicted molar refractivity (Wildman–Crippen MR) is 118 cm³/mol. The van der Waals surface area contributed by atoms with Gasteiger partial charge in [0.05, 0.1) is 25.8 Å². The number of carbonyl (C=O) groups excluding carboxylic acids is 4. The lowest BCUT2D eigenvalue weighted by Gasteiger charge is -2.19. The summed E-state index contributed by atoms with van der Waals surface area (Å²) in [5.41, 5.74) is 0.465. The second-order valence-electron chi connectivity index (χ2n) is 7.38. The molecule has 0 aliphatic heterocycles. The van der Waals surface area contributed by atoms with E-state index in [2.05, 4.69) is 15.4 Å². The van der Waals surface area contributed by atoms with Crippen molar-refractivity contribution in [3.05, 3.63) is 64.1 Å². The largest absolute Gasteiger partial charge is 0.503 e. The maximum absolute atomic E-state index is 12.7. The first kappa shape index (κ1) is 25.3. The second-order valence-corrected chi connectivity index (χ2v) is 7.38. The summed E-state index contributed by atoms with van der Waals surface area (Å²) >= 11 is 0. The summed E-state index contributed by atoms with van der Waals surface area (Å²) in [5.74, 6) is -2.40. The quantitative estimate of drug-likeness (QED) is 0.410. The second kappa shape index (κ2) is 12.2. The number of hydrogen-bond donors (Lipinski definition) is 3. The van der Waals surface area contributed by atoms with Crippen LogP contribution in [0.25, 0.3) is 0 Å². The van der Waals surface area contributed by atoms with Crippen LogP contribution in [0, 0.1) is 6.92 Å². The Bertz CT molecular complexity index is 1060. The maximum atomic E-state index is 12.7. The Kier molecular flexibility index (Phi) is 9.34. The van der Waals surface area contributed by atoms with E-state index >= 15 is 0 Å². The van der Waals surface area contributed by atoms with Crippen LogP contribution in [0.1, 0.15) is 24.1 Å². The van der Waals surface area contributed by atoms with Gasteiger partial charge >= 0.3 is 5.97 Å². The highest BCUT2D eigenvalue weighted by Crippen LogP contribution is 2.09. The monoisotopic (exact) mass is 457 g/mol. The molecule has 0 aliphatic carbocycles. The summed E-state index contributed by atoms with van der Waals surface area (Å²) in [6, 6.07) is 9.20. The molecule has 0 saturated carbocycles.